The molecule has 5 atom stereocenters. The van der Waals surface area contributed by atoms with Crippen LogP contribution in [0.3, 0.4) is 0 Å². The second-order valence-corrected chi connectivity index (χ2v) is 3.80. The standard InChI is InChI=1S/C9H16O6.H2O/c1-3(2)4(10)5(11)8-6(12)7(13)9(14)15-8;/h5-14H,1-2H3;1H2/t5?,6-,7-,8-,9+;/m1./s1. The van der Waals surface area contributed by atoms with Crippen LogP contribution in [0.25, 0.3) is 0 Å². The Kier molecular flexibility index (Phi) is 5.33. The summed E-state index contributed by atoms with van der Waals surface area (Å²) in [6, 6.07) is 0. The van der Waals surface area contributed by atoms with Crippen molar-refractivity contribution >= 4 is 0 Å². The number of hydrogen-bond acceptors (Lipinski definition) is 6. The molecule has 0 spiro atoms. The van der Waals surface area contributed by atoms with E-state index in [-0.39, 0.29) is 11.2 Å². The Hall–Kier alpha value is -0.700. The van der Waals surface area contributed by atoms with Crippen LogP contribution in [0.5, 0.6) is 0 Å². The van der Waals surface area contributed by atoms with Crippen LogP contribution in [0.1, 0.15) is 13.8 Å². The Morgan fingerprint density at radius 3 is 1.94 bits per heavy atom. The Bertz CT molecular complexity index is 261. The zero-order valence-electron chi connectivity index (χ0n) is 9.03. The molecule has 16 heavy (non-hydrogen) atoms. The van der Waals surface area contributed by atoms with Crippen molar-refractivity contribution in [1.82, 2.24) is 0 Å². The van der Waals surface area contributed by atoms with Gasteiger partial charge in [0.1, 0.15) is 30.2 Å². The Labute approximate surface area is 92.5 Å². The van der Waals surface area contributed by atoms with E-state index in [0.29, 0.717) is 5.57 Å². The molecule has 1 aliphatic heterocycles. The molecule has 0 amide bonds. The molecule has 0 radical (unpaired) electrons. The van der Waals surface area contributed by atoms with Crippen LogP contribution in [0.4, 0.5) is 0 Å². The zero-order valence-corrected chi connectivity index (χ0v) is 9.03. The van der Waals surface area contributed by atoms with Crippen molar-refractivity contribution in [3.05, 3.63) is 11.3 Å². The molecule has 1 saturated heterocycles. The second kappa shape index (κ2) is 5.58. The lowest BCUT2D eigenvalue weighted by Gasteiger charge is -2.20. The fourth-order valence-electron chi connectivity index (χ4n) is 1.40. The van der Waals surface area contributed by atoms with Crippen molar-refractivity contribution in [3.63, 3.8) is 0 Å². The lowest BCUT2D eigenvalue weighted by Crippen LogP contribution is -2.40. The average Bonchev–Trinajstić information content (AvgIpc) is 2.43. The van der Waals surface area contributed by atoms with Crippen LogP contribution in [-0.2, 0) is 4.74 Å². The first kappa shape index (κ1) is 15.3. The average molecular weight is 238 g/mol. The van der Waals surface area contributed by atoms with Crippen molar-refractivity contribution in [1.29, 1.82) is 0 Å². The van der Waals surface area contributed by atoms with Gasteiger partial charge in [0.15, 0.2) is 6.29 Å². The normalized spacial score (nSPS) is 35.4. The molecule has 96 valence electrons. The van der Waals surface area contributed by atoms with Crippen molar-refractivity contribution in [2.24, 2.45) is 0 Å². The molecule has 7 heteroatoms. The number of aliphatic hydroxyl groups is 5. The molecule has 7 nitrogen and oxygen atoms in total. The highest BCUT2D eigenvalue weighted by Crippen LogP contribution is 2.25. The molecule has 0 aromatic carbocycles. The van der Waals surface area contributed by atoms with E-state index in [1.807, 2.05) is 0 Å². The Morgan fingerprint density at radius 2 is 1.62 bits per heavy atom. The summed E-state index contributed by atoms with van der Waals surface area (Å²) in [5, 5.41) is 46.6. The van der Waals surface area contributed by atoms with Gasteiger partial charge in [0.2, 0.25) is 0 Å². The van der Waals surface area contributed by atoms with E-state index in [0.717, 1.165) is 0 Å². The summed E-state index contributed by atoms with van der Waals surface area (Å²) in [5.41, 5.74) is 0.467. The molecule has 0 saturated carbocycles. The monoisotopic (exact) mass is 238 g/mol. The maximum absolute atomic E-state index is 9.58. The number of ether oxygens (including phenoxy) is 1. The fourth-order valence-corrected chi connectivity index (χ4v) is 1.40. The molecule has 7 N–H and O–H groups in total. The minimum absolute atomic E-state index is 0. The van der Waals surface area contributed by atoms with E-state index >= 15 is 0 Å². The van der Waals surface area contributed by atoms with Crippen molar-refractivity contribution in [3.8, 4) is 0 Å². The first-order chi connectivity index (χ1) is 6.86. The topological polar surface area (TPSA) is 142 Å². The van der Waals surface area contributed by atoms with E-state index in [4.69, 9.17) is 9.84 Å². The van der Waals surface area contributed by atoms with Gasteiger partial charge in [-0.25, -0.2) is 0 Å². The van der Waals surface area contributed by atoms with Crippen LogP contribution in [0.15, 0.2) is 11.3 Å². The Balaban J connectivity index is 0.00000225. The molecule has 0 aliphatic carbocycles. The zero-order chi connectivity index (χ0) is 11.7. The van der Waals surface area contributed by atoms with Crippen molar-refractivity contribution in [2.45, 2.75) is 44.6 Å². The highest BCUT2D eigenvalue weighted by atomic mass is 16.6. The van der Waals surface area contributed by atoms with Crippen LogP contribution in [0.2, 0.25) is 0 Å². The first-order valence-electron chi connectivity index (χ1n) is 4.60. The van der Waals surface area contributed by atoms with Gasteiger partial charge in [0.25, 0.3) is 0 Å². The van der Waals surface area contributed by atoms with Gasteiger partial charge in [-0.3, -0.25) is 0 Å². The SMILES string of the molecule is CC(C)=C(O)C(O)[C@H]1O[C@H](O)[C@H](O)[C@H]1O.O. The summed E-state index contributed by atoms with van der Waals surface area (Å²) in [4.78, 5) is 0. The van der Waals surface area contributed by atoms with Gasteiger partial charge in [-0.2, -0.15) is 0 Å². The minimum Gasteiger partial charge on any atom is -0.510 e. The summed E-state index contributed by atoms with van der Waals surface area (Å²) in [7, 11) is 0. The summed E-state index contributed by atoms with van der Waals surface area (Å²) >= 11 is 0. The number of rotatable bonds is 2. The van der Waals surface area contributed by atoms with Crippen LogP contribution in [-0.4, -0.2) is 61.7 Å². The quantitative estimate of drug-likeness (QED) is 0.346. The number of allylic oxidation sites excluding steroid dienone is 1. The molecule has 1 heterocycles. The van der Waals surface area contributed by atoms with E-state index in [2.05, 4.69) is 0 Å². The lowest BCUT2D eigenvalue weighted by molar-refractivity contribution is -0.144. The van der Waals surface area contributed by atoms with Crippen molar-refractivity contribution < 1.29 is 35.7 Å². The first-order valence-corrected chi connectivity index (χ1v) is 4.60. The van der Waals surface area contributed by atoms with Crippen LogP contribution in [0, 0.1) is 0 Å². The third-order valence-corrected chi connectivity index (χ3v) is 2.38. The van der Waals surface area contributed by atoms with E-state index in [1.165, 1.54) is 0 Å². The van der Waals surface area contributed by atoms with Crippen LogP contribution >= 0.6 is 0 Å². The molecular formula is C9H18O7. The molecule has 0 aromatic heterocycles. The van der Waals surface area contributed by atoms with Gasteiger partial charge in [-0.15, -0.1) is 0 Å². The lowest BCUT2D eigenvalue weighted by atomic mass is 10.0. The molecule has 1 fully saturated rings. The maximum Gasteiger partial charge on any atom is 0.184 e. The molecule has 0 aromatic rings. The number of hydrogen-bond donors (Lipinski definition) is 5. The Morgan fingerprint density at radius 1 is 1.12 bits per heavy atom. The van der Waals surface area contributed by atoms with Gasteiger partial charge in [0.05, 0.1) is 0 Å². The van der Waals surface area contributed by atoms with Crippen molar-refractivity contribution in [2.75, 3.05) is 0 Å². The summed E-state index contributed by atoms with van der Waals surface area (Å²) < 4.78 is 4.73. The molecule has 1 unspecified atom stereocenters. The largest absolute Gasteiger partial charge is 0.510 e. The van der Waals surface area contributed by atoms with Gasteiger partial charge >= 0.3 is 0 Å². The summed E-state index contributed by atoms with van der Waals surface area (Å²) in [6.07, 6.45) is -7.16. The molecule has 1 rings (SSSR count). The third kappa shape index (κ3) is 2.70. The van der Waals surface area contributed by atoms with Gasteiger partial charge in [-0.1, -0.05) is 0 Å². The summed E-state index contributed by atoms with van der Waals surface area (Å²) in [5.74, 6) is -0.333. The van der Waals surface area contributed by atoms with Gasteiger partial charge in [0, 0.05) is 0 Å². The van der Waals surface area contributed by atoms with Gasteiger partial charge in [-0.05, 0) is 19.4 Å². The van der Waals surface area contributed by atoms with Crippen LogP contribution < -0.4 is 0 Å². The smallest absolute Gasteiger partial charge is 0.184 e. The maximum atomic E-state index is 9.58. The summed E-state index contributed by atoms with van der Waals surface area (Å²) in [6.45, 7) is 3.15. The van der Waals surface area contributed by atoms with E-state index < -0.39 is 30.7 Å². The van der Waals surface area contributed by atoms with E-state index in [9.17, 15) is 20.4 Å². The fraction of sp³-hybridized carbons (Fsp3) is 0.778. The van der Waals surface area contributed by atoms with E-state index in [1.54, 1.807) is 13.8 Å². The predicted octanol–water partition coefficient (Wildman–Crippen LogP) is -2.19. The third-order valence-electron chi connectivity index (χ3n) is 2.38. The van der Waals surface area contributed by atoms with Gasteiger partial charge < -0.3 is 35.7 Å². The molecular weight excluding hydrogens is 220 g/mol. The second-order valence-electron chi connectivity index (χ2n) is 3.80. The predicted molar refractivity (Wildman–Crippen MR) is 53.5 cm³/mol. The highest BCUT2D eigenvalue weighted by molar-refractivity contribution is 5.10. The number of aliphatic hydroxyl groups excluding tert-OH is 5. The molecule has 0 bridgehead atoms. The highest BCUT2D eigenvalue weighted by Gasteiger charge is 2.46. The molecule has 1 aliphatic rings. The minimum atomic E-state index is -1.55.